The number of aromatic amines is 1. The molecule has 0 fully saturated rings. The van der Waals surface area contributed by atoms with E-state index < -0.39 is 5.82 Å². The lowest BCUT2D eigenvalue weighted by atomic mass is 9.99. The molecule has 5 rings (SSSR count). The van der Waals surface area contributed by atoms with Gasteiger partial charge >= 0.3 is 0 Å². The van der Waals surface area contributed by atoms with Crippen molar-refractivity contribution in [3.05, 3.63) is 83.3 Å². The molecule has 0 radical (unpaired) electrons. The molecule has 1 N–H and O–H groups in total. The van der Waals surface area contributed by atoms with Crippen LogP contribution in [0.5, 0.6) is 0 Å². The molecular formula is C27H25FN4O3. The van der Waals surface area contributed by atoms with E-state index in [1.165, 1.54) is 11.0 Å². The van der Waals surface area contributed by atoms with Gasteiger partial charge in [0.2, 0.25) is 5.76 Å². The van der Waals surface area contributed by atoms with Crippen LogP contribution in [-0.4, -0.2) is 58.8 Å². The molecule has 2 aromatic heterocycles. The van der Waals surface area contributed by atoms with Crippen LogP contribution in [0.4, 0.5) is 4.39 Å². The summed E-state index contributed by atoms with van der Waals surface area (Å²) in [4.78, 5) is 36.5. The Kier molecular flexibility index (Phi) is 5.72. The van der Waals surface area contributed by atoms with Crippen LogP contribution >= 0.6 is 0 Å². The second-order valence-corrected chi connectivity index (χ2v) is 8.82. The molecule has 3 heterocycles. The Bertz CT molecular complexity index is 1480. The number of aryl methyl sites for hydroxylation is 1. The van der Waals surface area contributed by atoms with E-state index in [2.05, 4.69) is 16.0 Å². The van der Waals surface area contributed by atoms with Gasteiger partial charge in [0.1, 0.15) is 17.2 Å². The summed E-state index contributed by atoms with van der Waals surface area (Å²) in [6.07, 6.45) is 2.79. The third-order valence-electron chi connectivity index (χ3n) is 6.13. The maximum Gasteiger partial charge on any atom is 0.292 e. The number of H-pyrrole nitrogens is 1. The second-order valence-electron chi connectivity index (χ2n) is 8.82. The summed E-state index contributed by atoms with van der Waals surface area (Å²) in [6, 6.07) is 14.0. The Morgan fingerprint density at radius 1 is 1.14 bits per heavy atom. The lowest BCUT2D eigenvalue weighted by molar-refractivity contribution is 0.0742. The third kappa shape index (κ3) is 4.23. The standard InChI is InChI=1S/C27H25FN4O3/c1-16-29-24(20-8-4-5-9-21(20)28)25(35-16)27(34)32-12-6-7-19(15-32)17-10-11-18-14-23(26(33)31(2)3)30-22(18)13-17/h4-5,7-11,13-14,30H,6,12,15H2,1-3H3. The summed E-state index contributed by atoms with van der Waals surface area (Å²) in [7, 11) is 3.43. The highest BCUT2D eigenvalue weighted by atomic mass is 19.1. The molecular weight excluding hydrogens is 447 g/mol. The van der Waals surface area contributed by atoms with E-state index in [1.54, 1.807) is 44.1 Å². The number of oxazole rings is 1. The number of carbonyl (C=O) groups excluding carboxylic acids is 2. The minimum Gasteiger partial charge on any atom is -0.435 e. The van der Waals surface area contributed by atoms with Gasteiger partial charge in [-0.2, -0.15) is 0 Å². The van der Waals surface area contributed by atoms with Crippen molar-refractivity contribution in [3.63, 3.8) is 0 Å². The molecule has 1 aliphatic rings. The topological polar surface area (TPSA) is 82.4 Å². The first kappa shape index (κ1) is 22.6. The van der Waals surface area contributed by atoms with Gasteiger partial charge in [-0.15, -0.1) is 0 Å². The van der Waals surface area contributed by atoms with Gasteiger partial charge in [0.25, 0.3) is 11.8 Å². The zero-order valence-corrected chi connectivity index (χ0v) is 19.8. The summed E-state index contributed by atoms with van der Waals surface area (Å²) in [5.41, 5.74) is 3.78. The van der Waals surface area contributed by atoms with Gasteiger partial charge in [0.05, 0.1) is 0 Å². The van der Waals surface area contributed by atoms with Crippen molar-refractivity contribution in [1.82, 2.24) is 19.8 Å². The average molecular weight is 473 g/mol. The number of halogens is 1. The highest BCUT2D eigenvalue weighted by Crippen LogP contribution is 2.30. The van der Waals surface area contributed by atoms with Gasteiger partial charge < -0.3 is 19.2 Å². The Morgan fingerprint density at radius 2 is 1.94 bits per heavy atom. The molecule has 0 atom stereocenters. The summed E-state index contributed by atoms with van der Waals surface area (Å²) in [6.45, 7) is 2.54. The Balaban J connectivity index is 1.42. The number of fused-ring (bicyclic) bond motifs is 1. The van der Waals surface area contributed by atoms with Gasteiger partial charge in [-0.25, -0.2) is 9.37 Å². The number of carbonyl (C=O) groups is 2. The SMILES string of the molecule is Cc1nc(-c2ccccc2F)c(C(=O)N2CCC=C(c3ccc4cc(C(=O)N(C)C)[nH]c4c3)C2)o1. The largest absolute Gasteiger partial charge is 0.435 e. The van der Waals surface area contributed by atoms with Crippen molar-refractivity contribution < 1.29 is 18.4 Å². The van der Waals surface area contributed by atoms with Crippen molar-refractivity contribution in [2.24, 2.45) is 0 Å². The first-order valence-electron chi connectivity index (χ1n) is 11.4. The summed E-state index contributed by atoms with van der Waals surface area (Å²) in [5.74, 6) is -0.528. The van der Waals surface area contributed by atoms with Crippen LogP contribution in [0.15, 0.2) is 59.0 Å². The minimum absolute atomic E-state index is 0.0421. The van der Waals surface area contributed by atoms with E-state index in [0.29, 0.717) is 31.1 Å². The fourth-order valence-electron chi connectivity index (χ4n) is 4.36. The van der Waals surface area contributed by atoms with Gasteiger partial charge in [-0.3, -0.25) is 9.59 Å². The highest BCUT2D eigenvalue weighted by Gasteiger charge is 2.28. The number of nitrogens with zero attached hydrogens (tertiary/aromatic N) is 3. The molecule has 1 aliphatic heterocycles. The molecule has 2 aromatic carbocycles. The fraction of sp³-hybridized carbons (Fsp3) is 0.222. The minimum atomic E-state index is -0.458. The monoisotopic (exact) mass is 472 g/mol. The van der Waals surface area contributed by atoms with E-state index in [4.69, 9.17) is 4.42 Å². The number of hydrogen-bond acceptors (Lipinski definition) is 4. The molecule has 0 saturated heterocycles. The predicted molar refractivity (Wildman–Crippen MR) is 131 cm³/mol. The molecule has 0 spiro atoms. The van der Waals surface area contributed by atoms with Gasteiger partial charge in [-0.1, -0.05) is 30.3 Å². The van der Waals surface area contributed by atoms with Crippen LogP contribution in [0, 0.1) is 12.7 Å². The lowest BCUT2D eigenvalue weighted by Crippen LogP contribution is -2.35. The fourth-order valence-corrected chi connectivity index (χ4v) is 4.36. The summed E-state index contributed by atoms with van der Waals surface area (Å²) < 4.78 is 20.1. The molecule has 8 heteroatoms. The number of rotatable bonds is 4. The highest BCUT2D eigenvalue weighted by molar-refractivity contribution is 6.00. The molecule has 0 bridgehead atoms. The molecule has 0 saturated carbocycles. The normalized spacial score (nSPS) is 13.7. The maximum absolute atomic E-state index is 14.4. The van der Waals surface area contributed by atoms with E-state index >= 15 is 0 Å². The van der Waals surface area contributed by atoms with E-state index in [1.807, 2.05) is 24.3 Å². The third-order valence-corrected chi connectivity index (χ3v) is 6.13. The zero-order valence-electron chi connectivity index (χ0n) is 19.8. The second kappa shape index (κ2) is 8.87. The van der Waals surface area contributed by atoms with Crippen molar-refractivity contribution in [3.8, 4) is 11.3 Å². The average Bonchev–Trinajstić information content (AvgIpc) is 3.46. The van der Waals surface area contributed by atoms with E-state index in [9.17, 15) is 14.0 Å². The van der Waals surface area contributed by atoms with Gasteiger partial charge in [0.15, 0.2) is 5.89 Å². The van der Waals surface area contributed by atoms with Crippen LogP contribution in [0.1, 0.15) is 38.9 Å². The van der Waals surface area contributed by atoms with Crippen molar-refractivity contribution >= 4 is 28.3 Å². The molecule has 7 nitrogen and oxygen atoms in total. The number of aromatic nitrogens is 2. The molecule has 4 aromatic rings. The van der Waals surface area contributed by atoms with E-state index in [-0.39, 0.29) is 28.8 Å². The van der Waals surface area contributed by atoms with Gasteiger partial charge in [-0.05, 0) is 41.8 Å². The van der Waals surface area contributed by atoms with Crippen molar-refractivity contribution in [1.29, 1.82) is 0 Å². The van der Waals surface area contributed by atoms with Crippen LogP contribution in [0.25, 0.3) is 27.7 Å². The molecule has 0 unspecified atom stereocenters. The lowest BCUT2D eigenvalue weighted by Gasteiger charge is -2.27. The van der Waals surface area contributed by atoms with Crippen molar-refractivity contribution in [2.45, 2.75) is 13.3 Å². The van der Waals surface area contributed by atoms with Crippen molar-refractivity contribution in [2.75, 3.05) is 27.2 Å². The molecule has 2 amide bonds. The molecule has 0 aliphatic carbocycles. The summed E-state index contributed by atoms with van der Waals surface area (Å²) >= 11 is 0. The Morgan fingerprint density at radius 3 is 2.71 bits per heavy atom. The van der Waals surface area contributed by atoms with Crippen LogP contribution < -0.4 is 0 Å². The Hall–Kier alpha value is -4.20. The first-order chi connectivity index (χ1) is 16.8. The quantitative estimate of drug-likeness (QED) is 0.458. The van der Waals surface area contributed by atoms with Crippen LogP contribution in [-0.2, 0) is 0 Å². The smallest absolute Gasteiger partial charge is 0.292 e. The number of hydrogen-bond donors (Lipinski definition) is 1. The van der Waals surface area contributed by atoms with Crippen LogP contribution in [0.2, 0.25) is 0 Å². The predicted octanol–water partition coefficient (Wildman–Crippen LogP) is 4.90. The number of nitrogens with one attached hydrogen (secondary N) is 1. The van der Waals surface area contributed by atoms with Gasteiger partial charge in [0, 0.05) is 50.6 Å². The first-order valence-corrected chi connectivity index (χ1v) is 11.4. The number of amides is 2. The molecule has 178 valence electrons. The van der Waals surface area contributed by atoms with Crippen LogP contribution in [0.3, 0.4) is 0 Å². The number of benzene rings is 2. The zero-order chi connectivity index (χ0) is 24.7. The summed E-state index contributed by atoms with van der Waals surface area (Å²) in [5, 5.41) is 0.940. The Labute approximate surface area is 201 Å². The molecule has 35 heavy (non-hydrogen) atoms. The van der Waals surface area contributed by atoms with E-state index in [0.717, 1.165) is 22.0 Å². The maximum atomic E-state index is 14.4.